The third kappa shape index (κ3) is 6.69. The van der Waals surface area contributed by atoms with Gasteiger partial charge in [-0.05, 0) is 40.7 Å². The second-order valence-corrected chi connectivity index (χ2v) is 10.2. The molecule has 2 amide bonds. The van der Waals surface area contributed by atoms with Crippen LogP contribution >= 0.6 is 0 Å². The van der Waals surface area contributed by atoms with Crippen molar-refractivity contribution in [2.24, 2.45) is 5.92 Å². The lowest BCUT2D eigenvalue weighted by Crippen LogP contribution is -2.57. The van der Waals surface area contributed by atoms with Crippen molar-refractivity contribution in [2.75, 3.05) is 6.61 Å². The van der Waals surface area contributed by atoms with Crippen LogP contribution in [0.25, 0.3) is 11.1 Å². The molecule has 3 N–H and O–H groups in total. The molecule has 0 aliphatic heterocycles. The summed E-state index contributed by atoms with van der Waals surface area (Å²) in [4.78, 5) is 38.2. The standard InChI is InChI=1S/C32H36N2O6/c1-4-20(2)28(31(36)37)33-30(35)29(21(3)39-18-22-12-6-5-7-13-22)34-32(38)40-19-27-25-16-10-8-14-23(25)24-15-9-11-17-26(24)27/h5-17,20-21,27-29H,4,18-19H2,1-3H3,(H,33,35)(H,34,38)(H,36,37)/t20?,21-,28?,29+/m0/s1. The maximum absolute atomic E-state index is 13.3. The summed E-state index contributed by atoms with van der Waals surface area (Å²) in [5.41, 5.74) is 5.26. The summed E-state index contributed by atoms with van der Waals surface area (Å²) in [5, 5.41) is 14.9. The van der Waals surface area contributed by atoms with Gasteiger partial charge in [0.15, 0.2) is 0 Å². The molecular weight excluding hydrogens is 508 g/mol. The van der Waals surface area contributed by atoms with Gasteiger partial charge in [0.05, 0.1) is 12.7 Å². The fourth-order valence-corrected chi connectivity index (χ4v) is 4.99. The molecule has 210 valence electrons. The average Bonchev–Trinajstić information content (AvgIpc) is 3.29. The highest BCUT2D eigenvalue weighted by molar-refractivity contribution is 5.90. The fraction of sp³-hybridized carbons (Fsp3) is 0.344. The van der Waals surface area contributed by atoms with Crippen LogP contribution < -0.4 is 10.6 Å². The molecule has 0 heterocycles. The number of aliphatic carboxylic acids is 1. The summed E-state index contributed by atoms with van der Waals surface area (Å²) in [6, 6.07) is 23.2. The summed E-state index contributed by atoms with van der Waals surface area (Å²) in [7, 11) is 0. The Bertz CT molecular complexity index is 1280. The number of amides is 2. The number of carboxylic acid groups (broad SMARTS) is 1. The Balaban J connectivity index is 1.47. The number of nitrogens with one attached hydrogen (secondary N) is 2. The van der Waals surface area contributed by atoms with Crippen molar-refractivity contribution in [3.05, 3.63) is 95.6 Å². The predicted octanol–water partition coefficient (Wildman–Crippen LogP) is 5.11. The van der Waals surface area contributed by atoms with Crippen LogP contribution in [0.3, 0.4) is 0 Å². The molecule has 1 aliphatic carbocycles. The number of alkyl carbamates (subject to hydrolysis) is 1. The van der Waals surface area contributed by atoms with Crippen LogP contribution in [0.1, 0.15) is 49.8 Å². The molecule has 8 nitrogen and oxygen atoms in total. The van der Waals surface area contributed by atoms with Gasteiger partial charge in [-0.15, -0.1) is 0 Å². The van der Waals surface area contributed by atoms with Crippen molar-refractivity contribution < 1.29 is 29.0 Å². The average molecular weight is 545 g/mol. The molecule has 3 aromatic rings. The number of fused-ring (bicyclic) bond motifs is 3. The Morgan fingerprint density at radius 3 is 1.98 bits per heavy atom. The monoisotopic (exact) mass is 544 g/mol. The summed E-state index contributed by atoms with van der Waals surface area (Å²) in [6.07, 6.45) is -0.999. The van der Waals surface area contributed by atoms with Crippen molar-refractivity contribution >= 4 is 18.0 Å². The molecule has 4 rings (SSSR count). The highest BCUT2D eigenvalue weighted by Crippen LogP contribution is 2.44. The van der Waals surface area contributed by atoms with Gasteiger partial charge in [-0.1, -0.05) is 99.1 Å². The number of ether oxygens (including phenoxy) is 2. The van der Waals surface area contributed by atoms with E-state index in [-0.39, 0.29) is 25.0 Å². The molecule has 0 radical (unpaired) electrons. The summed E-state index contributed by atoms with van der Waals surface area (Å²) >= 11 is 0. The molecule has 40 heavy (non-hydrogen) atoms. The van der Waals surface area contributed by atoms with Crippen LogP contribution in [-0.2, 0) is 25.7 Å². The van der Waals surface area contributed by atoms with Crippen LogP contribution in [0.5, 0.6) is 0 Å². The van der Waals surface area contributed by atoms with E-state index >= 15 is 0 Å². The minimum Gasteiger partial charge on any atom is -0.480 e. The number of carbonyl (C=O) groups is 3. The topological polar surface area (TPSA) is 114 Å². The van der Waals surface area contributed by atoms with Crippen molar-refractivity contribution in [1.29, 1.82) is 0 Å². The lowest BCUT2D eigenvalue weighted by molar-refractivity contribution is -0.144. The molecule has 0 saturated carbocycles. The third-order valence-electron chi connectivity index (χ3n) is 7.50. The van der Waals surface area contributed by atoms with Crippen LogP contribution in [0.4, 0.5) is 4.79 Å². The number of rotatable bonds is 12. The zero-order valence-electron chi connectivity index (χ0n) is 23.0. The van der Waals surface area contributed by atoms with Crippen LogP contribution in [0.15, 0.2) is 78.9 Å². The first-order valence-corrected chi connectivity index (χ1v) is 13.6. The molecule has 0 fully saturated rings. The van der Waals surface area contributed by atoms with Gasteiger partial charge in [-0.3, -0.25) is 4.79 Å². The van der Waals surface area contributed by atoms with E-state index in [4.69, 9.17) is 9.47 Å². The molecule has 0 saturated heterocycles. The number of hydrogen-bond donors (Lipinski definition) is 3. The van der Waals surface area contributed by atoms with Crippen molar-refractivity contribution in [2.45, 2.75) is 57.9 Å². The van der Waals surface area contributed by atoms with Crippen LogP contribution in [0, 0.1) is 5.92 Å². The van der Waals surface area contributed by atoms with Crippen molar-refractivity contribution in [1.82, 2.24) is 10.6 Å². The first-order chi connectivity index (χ1) is 19.3. The third-order valence-corrected chi connectivity index (χ3v) is 7.50. The lowest BCUT2D eigenvalue weighted by atomic mass is 9.98. The molecule has 0 aromatic heterocycles. The largest absolute Gasteiger partial charge is 0.480 e. The first-order valence-electron chi connectivity index (χ1n) is 13.6. The van der Waals surface area contributed by atoms with Gasteiger partial charge >= 0.3 is 12.1 Å². The normalized spacial score (nSPS) is 15.2. The second kappa shape index (κ2) is 13.3. The van der Waals surface area contributed by atoms with Gasteiger partial charge < -0.3 is 25.2 Å². The lowest BCUT2D eigenvalue weighted by Gasteiger charge is -2.28. The number of hydrogen-bond acceptors (Lipinski definition) is 5. The molecule has 1 aliphatic rings. The number of carbonyl (C=O) groups excluding carboxylic acids is 2. The Labute approximate surface area is 234 Å². The maximum atomic E-state index is 13.3. The van der Waals surface area contributed by atoms with Gasteiger partial charge in [-0.25, -0.2) is 9.59 Å². The quantitative estimate of drug-likeness (QED) is 0.292. The maximum Gasteiger partial charge on any atom is 0.407 e. The molecular formula is C32H36N2O6. The molecule has 2 unspecified atom stereocenters. The van der Waals surface area contributed by atoms with E-state index in [0.29, 0.717) is 6.42 Å². The first kappa shape index (κ1) is 28.8. The van der Waals surface area contributed by atoms with Gasteiger partial charge in [-0.2, -0.15) is 0 Å². The Hall–Kier alpha value is -4.17. The summed E-state index contributed by atoms with van der Waals surface area (Å²) in [5.74, 6) is -2.24. The molecule has 0 spiro atoms. The van der Waals surface area contributed by atoms with E-state index in [9.17, 15) is 19.5 Å². The van der Waals surface area contributed by atoms with E-state index in [2.05, 4.69) is 22.8 Å². The van der Waals surface area contributed by atoms with Crippen molar-refractivity contribution in [3.8, 4) is 11.1 Å². The Morgan fingerprint density at radius 1 is 0.825 bits per heavy atom. The van der Waals surface area contributed by atoms with Crippen molar-refractivity contribution in [3.63, 3.8) is 0 Å². The smallest absolute Gasteiger partial charge is 0.407 e. The van der Waals surface area contributed by atoms with E-state index in [1.54, 1.807) is 13.8 Å². The SMILES string of the molecule is CCC(C)C(NC(=O)[C@H](NC(=O)OCC1c2ccccc2-c2ccccc21)[C@H](C)OCc1ccccc1)C(=O)O. The van der Waals surface area contributed by atoms with E-state index in [1.807, 2.05) is 73.7 Å². The zero-order valence-corrected chi connectivity index (χ0v) is 23.0. The van der Waals surface area contributed by atoms with Crippen LogP contribution in [0.2, 0.25) is 0 Å². The molecule has 8 heteroatoms. The summed E-state index contributed by atoms with van der Waals surface area (Å²) < 4.78 is 11.6. The fourth-order valence-electron chi connectivity index (χ4n) is 4.99. The van der Waals surface area contributed by atoms with Gasteiger partial charge in [0.2, 0.25) is 5.91 Å². The highest BCUT2D eigenvalue weighted by Gasteiger charge is 2.34. The number of benzene rings is 3. The predicted molar refractivity (Wildman–Crippen MR) is 152 cm³/mol. The number of carboxylic acids is 1. The van der Waals surface area contributed by atoms with E-state index < -0.39 is 36.2 Å². The van der Waals surface area contributed by atoms with Crippen LogP contribution in [-0.4, -0.2) is 47.9 Å². The minimum atomic E-state index is -1.18. The minimum absolute atomic E-state index is 0.0814. The van der Waals surface area contributed by atoms with Gasteiger partial charge in [0.25, 0.3) is 0 Å². The molecule has 4 atom stereocenters. The van der Waals surface area contributed by atoms with E-state index in [1.165, 1.54) is 0 Å². The zero-order chi connectivity index (χ0) is 28.6. The highest BCUT2D eigenvalue weighted by atomic mass is 16.5. The Kier molecular flexibility index (Phi) is 9.56. The van der Waals surface area contributed by atoms with Gasteiger partial charge in [0.1, 0.15) is 18.7 Å². The van der Waals surface area contributed by atoms with Gasteiger partial charge in [0, 0.05) is 5.92 Å². The summed E-state index contributed by atoms with van der Waals surface area (Å²) in [6.45, 7) is 5.56. The van der Waals surface area contributed by atoms with E-state index in [0.717, 1.165) is 27.8 Å². The Morgan fingerprint density at radius 2 is 1.40 bits per heavy atom. The second-order valence-electron chi connectivity index (χ2n) is 10.2. The molecule has 3 aromatic carbocycles. The molecule has 0 bridgehead atoms.